The molecule has 0 radical (unpaired) electrons. The maximum Gasteiger partial charge on any atom is 0.277 e. The van der Waals surface area contributed by atoms with E-state index in [0.717, 1.165) is 5.56 Å². The molecule has 0 aliphatic rings. The molecule has 1 heterocycles. The molecule has 1 aromatic heterocycles. The van der Waals surface area contributed by atoms with Gasteiger partial charge in [-0.3, -0.25) is 0 Å². The lowest BCUT2D eigenvalue weighted by Gasteiger charge is -2.05. The van der Waals surface area contributed by atoms with Crippen molar-refractivity contribution in [1.82, 2.24) is 10.2 Å². The summed E-state index contributed by atoms with van der Waals surface area (Å²) in [5, 5.41) is 8.53. The summed E-state index contributed by atoms with van der Waals surface area (Å²) >= 11 is 4.72. The number of nitrogens with zero attached hydrogens (tertiary/aromatic N) is 2. The SMILES string of the molecule is COc1cc(OC)cc(-c2nnc(SCc3ccc(F)cc3Br)o2)c1. The summed E-state index contributed by atoms with van der Waals surface area (Å²) in [6.45, 7) is 0. The molecule has 0 bridgehead atoms. The fraction of sp³-hybridized carbons (Fsp3) is 0.176. The molecule has 0 amide bonds. The van der Waals surface area contributed by atoms with Gasteiger partial charge in [0, 0.05) is 21.9 Å². The first-order chi connectivity index (χ1) is 12.1. The number of halogens is 2. The van der Waals surface area contributed by atoms with Crippen LogP contribution >= 0.6 is 27.7 Å². The largest absolute Gasteiger partial charge is 0.497 e. The number of ether oxygens (including phenoxy) is 2. The van der Waals surface area contributed by atoms with Gasteiger partial charge in [-0.2, -0.15) is 0 Å². The number of methoxy groups -OCH3 is 2. The van der Waals surface area contributed by atoms with Gasteiger partial charge in [0.25, 0.3) is 5.22 Å². The number of rotatable bonds is 6. The van der Waals surface area contributed by atoms with Gasteiger partial charge in [0.15, 0.2) is 0 Å². The van der Waals surface area contributed by atoms with Crippen molar-refractivity contribution in [2.24, 2.45) is 0 Å². The summed E-state index contributed by atoms with van der Waals surface area (Å²) in [4.78, 5) is 0. The molecule has 0 atom stereocenters. The minimum Gasteiger partial charge on any atom is -0.497 e. The minimum absolute atomic E-state index is 0.285. The Hall–Kier alpha value is -2.06. The van der Waals surface area contributed by atoms with Gasteiger partial charge in [-0.1, -0.05) is 33.8 Å². The van der Waals surface area contributed by atoms with Gasteiger partial charge in [0.2, 0.25) is 5.89 Å². The predicted molar refractivity (Wildman–Crippen MR) is 96.5 cm³/mol. The molecule has 3 rings (SSSR count). The normalized spacial score (nSPS) is 10.7. The standard InChI is InChI=1S/C17H14BrFN2O3S/c1-22-13-5-11(6-14(8-13)23-2)16-20-21-17(24-16)25-9-10-3-4-12(19)7-15(10)18/h3-8H,9H2,1-2H3. The highest BCUT2D eigenvalue weighted by atomic mass is 79.9. The molecule has 5 nitrogen and oxygen atoms in total. The highest BCUT2D eigenvalue weighted by molar-refractivity contribution is 9.10. The maximum atomic E-state index is 13.1. The summed E-state index contributed by atoms with van der Waals surface area (Å²) in [5.74, 6) is 1.93. The van der Waals surface area contributed by atoms with Crippen LogP contribution in [0.25, 0.3) is 11.5 Å². The Bertz CT molecular complexity index is 866. The second-order valence-electron chi connectivity index (χ2n) is 5.00. The van der Waals surface area contributed by atoms with Gasteiger partial charge in [-0.15, -0.1) is 10.2 Å². The molecule has 8 heteroatoms. The Balaban J connectivity index is 1.76. The first-order valence-corrected chi connectivity index (χ1v) is 9.00. The van der Waals surface area contributed by atoms with E-state index in [1.165, 1.54) is 23.9 Å². The van der Waals surface area contributed by atoms with Gasteiger partial charge in [-0.05, 0) is 29.8 Å². The Morgan fingerprint density at radius 1 is 1.08 bits per heavy atom. The molecule has 130 valence electrons. The van der Waals surface area contributed by atoms with E-state index >= 15 is 0 Å². The third kappa shape index (κ3) is 4.32. The van der Waals surface area contributed by atoms with Crippen molar-refractivity contribution in [3.63, 3.8) is 0 Å². The molecule has 3 aromatic rings. The first-order valence-electron chi connectivity index (χ1n) is 7.22. The molecule has 0 aliphatic heterocycles. The Morgan fingerprint density at radius 2 is 1.80 bits per heavy atom. The van der Waals surface area contributed by atoms with E-state index < -0.39 is 0 Å². The van der Waals surface area contributed by atoms with Crippen LogP contribution in [0.4, 0.5) is 4.39 Å². The van der Waals surface area contributed by atoms with Gasteiger partial charge >= 0.3 is 0 Å². The van der Waals surface area contributed by atoms with Gasteiger partial charge < -0.3 is 13.9 Å². The molecule has 0 saturated carbocycles. The Kier molecular flexibility index (Phi) is 5.60. The van der Waals surface area contributed by atoms with Crippen molar-refractivity contribution in [2.45, 2.75) is 11.0 Å². The molecule has 0 unspecified atom stereocenters. The molecule has 25 heavy (non-hydrogen) atoms. The topological polar surface area (TPSA) is 57.4 Å². The summed E-state index contributed by atoms with van der Waals surface area (Å²) in [7, 11) is 3.16. The maximum absolute atomic E-state index is 13.1. The number of aromatic nitrogens is 2. The van der Waals surface area contributed by atoms with Crippen molar-refractivity contribution >= 4 is 27.7 Å². The second-order valence-corrected chi connectivity index (χ2v) is 6.78. The van der Waals surface area contributed by atoms with E-state index in [4.69, 9.17) is 13.9 Å². The van der Waals surface area contributed by atoms with Crippen molar-refractivity contribution < 1.29 is 18.3 Å². The zero-order valence-electron chi connectivity index (χ0n) is 13.5. The van der Waals surface area contributed by atoms with Crippen molar-refractivity contribution in [3.8, 4) is 23.0 Å². The van der Waals surface area contributed by atoms with Crippen LogP contribution in [0.2, 0.25) is 0 Å². The average Bonchev–Trinajstić information content (AvgIpc) is 3.09. The number of hydrogen-bond donors (Lipinski definition) is 0. The molecule has 0 fully saturated rings. The third-order valence-electron chi connectivity index (χ3n) is 3.37. The van der Waals surface area contributed by atoms with Crippen LogP contribution in [-0.2, 0) is 5.75 Å². The van der Waals surface area contributed by atoms with Crippen LogP contribution < -0.4 is 9.47 Å². The highest BCUT2D eigenvalue weighted by Crippen LogP contribution is 2.32. The van der Waals surface area contributed by atoms with Crippen LogP contribution in [0, 0.1) is 5.82 Å². The van der Waals surface area contributed by atoms with Crippen LogP contribution in [0.5, 0.6) is 11.5 Å². The van der Waals surface area contributed by atoms with Crippen molar-refractivity contribution in [1.29, 1.82) is 0 Å². The van der Waals surface area contributed by atoms with E-state index in [2.05, 4.69) is 26.1 Å². The van der Waals surface area contributed by atoms with Crippen LogP contribution in [0.15, 0.2) is 50.5 Å². The van der Waals surface area contributed by atoms with Crippen LogP contribution in [0.1, 0.15) is 5.56 Å². The third-order valence-corrected chi connectivity index (χ3v) is 4.98. The fourth-order valence-corrected chi connectivity index (χ4v) is 3.54. The molecular weight excluding hydrogens is 411 g/mol. The monoisotopic (exact) mass is 424 g/mol. The fourth-order valence-electron chi connectivity index (χ4n) is 2.09. The molecule has 0 N–H and O–H groups in total. The molecule has 0 saturated heterocycles. The van der Waals surface area contributed by atoms with E-state index in [1.54, 1.807) is 38.5 Å². The highest BCUT2D eigenvalue weighted by Gasteiger charge is 2.13. The smallest absolute Gasteiger partial charge is 0.277 e. The Labute approximate surface area is 156 Å². The summed E-state index contributed by atoms with van der Waals surface area (Å²) in [6, 6.07) is 9.92. The number of hydrogen-bond acceptors (Lipinski definition) is 6. The molecule has 0 spiro atoms. The van der Waals surface area contributed by atoms with Gasteiger partial charge in [0.05, 0.1) is 14.2 Å². The van der Waals surface area contributed by atoms with Gasteiger partial charge in [0.1, 0.15) is 17.3 Å². The van der Waals surface area contributed by atoms with Crippen LogP contribution in [0.3, 0.4) is 0 Å². The van der Waals surface area contributed by atoms with Gasteiger partial charge in [-0.25, -0.2) is 4.39 Å². The summed E-state index contributed by atoms with van der Waals surface area (Å²) in [5.41, 5.74) is 1.65. The number of thioether (sulfide) groups is 1. The molecule has 0 aliphatic carbocycles. The van der Waals surface area contributed by atoms with E-state index in [0.29, 0.717) is 38.4 Å². The lowest BCUT2D eigenvalue weighted by atomic mass is 10.2. The zero-order chi connectivity index (χ0) is 17.8. The molecule has 2 aromatic carbocycles. The van der Waals surface area contributed by atoms with Crippen molar-refractivity contribution in [3.05, 3.63) is 52.3 Å². The van der Waals surface area contributed by atoms with E-state index in [1.807, 2.05) is 0 Å². The summed E-state index contributed by atoms with van der Waals surface area (Å²) in [6.07, 6.45) is 0. The Morgan fingerprint density at radius 3 is 2.44 bits per heavy atom. The minimum atomic E-state index is -0.285. The second kappa shape index (κ2) is 7.88. The average molecular weight is 425 g/mol. The predicted octanol–water partition coefficient (Wildman–Crippen LogP) is 4.95. The lowest BCUT2D eigenvalue weighted by Crippen LogP contribution is -1.88. The van der Waals surface area contributed by atoms with E-state index in [-0.39, 0.29) is 5.82 Å². The molecular formula is C17H14BrFN2O3S. The quantitative estimate of drug-likeness (QED) is 0.521. The number of benzene rings is 2. The van der Waals surface area contributed by atoms with E-state index in [9.17, 15) is 4.39 Å². The zero-order valence-corrected chi connectivity index (χ0v) is 15.9. The summed E-state index contributed by atoms with van der Waals surface area (Å²) < 4.78 is 30.0. The van der Waals surface area contributed by atoms with Crippen molar-refractivity contribution in [2.75, 3.05) is 14.2 Å². The van der Waals surface area contributed by atoms with Crippen LogP contribution in [-0.4, -0.2) is 24.4 Å². The lowest BCUT2D eigenvalue weighted by molar-refractivity contribution is 0.394. The first kappa shape index (κ1) is 17.8.